The van der Waals surface area contributed by atoms with Gasteiger partial charge in [0.2, 0.25) is 0 Å². The van der Waals surface area contributed by atoms with Gasteiger partial charge in [-0.05, 0) is 52.3 Å². The van der Waals surface area contributed by atoms with Gasteiger partial charge in [0.1, 0.15) is 16.5 Å². The summed E-state index contributed by atoms with van der Waals surface area (Å²) in [6.45, 7) is 0. The number of nitrogens with two attached hydrogens (primary N) is 1. The normalized spacial score (nSPS) is 11.3. The first-order chi connectivity index (χ1) is 9.29. The molecular weight excluding hydrogens is 354 g/mol. The van der Waals surface area contributed by atoms with Crippen molar-refractivity contribution in [2.75, 3.05) is 10.5 Å². The SMILES string of the molecule is Nc1ccc(NS(=O)(=O)c2cc(F)ccc2F)cc1Br. The fourth-order valence-corrected chi connectivity index (χ4v) is 3.00. The molecule has 0 saturated carbocycles. The molecule has 0 fully saturated rings. The minimum Gasteiger partial charge on any atom is -0.398 e. The van der Waals surface area contributed by atoms with E-state index in [9.17, 15) is 17.2 Å². The Kier molecular flexibility index (Phi) is 3.96. The third-order valence-electron chi connectivity index (χ3n) is 2.44. The van der Waals surface area contributed by atoms with Crippen LogP contribution in [0.15, 0.2) is 45.8 Å². The maximum absolute atomic E-state index is 13.5. The Morgan fingerprint density at radius 1 is 1.10 bits per heavy atom. The summed E-state index contributed by atoms with van der Waals surface area (Å²) >= 11 is 3.14. The predicted octanol–water partition coefficient (Wildman–Crippen LogP) is 3.11. The number of nitrogens with one attached hydrogen (secondary N) is 1. The monoisotopic (exact) mass is 362 g/mol. The molecule has 0 aliphatic heterocycles. The molecule has 0 atom stereocenters. The molecule has 20 heavy (non-hydrogen) atoms. The minimum absolute atomic E-state index is 0.176. The molecule has 8 heteroatoms. The highest BCUT2D eigenvalue weighted by molar-refractivity contribution is 9.10. The number of rotatable bonds is 3. The second-order valence-electron chi connectivity index (χ2n) is 3.92. The molecule has 0 aliphatic carbocycles. The molecule has 3 N–H and O–H groups in total. The molecule has 106 valence electrons. The third-order valence-corrected chi connectivity index (χ3v) is 4.52. The van der Waals surface area contributed by atoms with E-state index in [4.69, 9.17) is 5.73 Å². The highest BCUT2D eigenvalue weighted by Gasteiger charge is 2.20. The Morgan fingerprint density at radius 2 is 1.80 bits per heavy atom. The van der Waals surface area contributed by atoms with Crippen molar-refractivity contribution in [3.63, 3.8) is 0 Å². The lowest BCUT2D eigenvalue weighted by Gasteiger charge is -2.10. The predicted molar refractivity (Wildman–Crippen MR) is 75.7 cm³/mol. The standard InChI is InChI=1S/C12H9BrF2N2O2S/c13-9-6-8(2-4-11(9)16)17-20(18,19)12-5-7(14)1-3-10(12)15/h1-6,17H,16H2. The van der Waals surface area contributed by atoms with E-state index in [-0.39, 0.29) is 5.69 Å². The molecule has 0 radical (unpaired) electrons. The van der Waals surface area contributed by atoms with Crippen LogP contribution in [0.3, 0.4) is 0 Å². The zero-order valence-electron chi connectivity index (χ0n) is 9.90. The van der Waals surface area contributed by atoms with E-state index in [1.807, 2.05) is 0 Å². The smallest absolute Gasteiger partial charge is 0.264 e. The van der Waals surface area contributed by atoms with Gasteiger partial charge in [-0.2, -0.15) is 0 Å². The third kappa shape index (κ3) is 3.07. The van der Waals surface area contributed by atoms with Crippen LogP contribution in [-0.2, 0) is 10.0 Å². The van der Waals surface area contributed by atoms with E-state index >= 15 is 0 Å². The van der Waals surface area contributed by atoms with Crippen LogP contribution in [0.1, 0.15) is 0 Å². The second kappa shape index (κ2) is 5.37. The first-order valence-corrected chi connectivity index (χ1v) is 7.60. The Morgan fingerprint density at radius 3 is 2.45 bits per heavy atom. The molecule has 2 aromatic carbocycles. The van der Waals surface area contributed by atoms with E-state index < -0.39 is 26.6 Å². The molecule has 0 unspecified atom stereocenters. The van der Waals surface area contributed by atoms with Crippen molar-refractivity contribution < 1.29 is 17.2 Å². The first-order valence-electron chi connectivity index (χ1n) is 5.32. The maximum Gasteiger partial charge on any atom is 0.264 e. The summed E-state index contributed by atoms with van der Waals surface area (Å²) in [7, 11) is -4.22. The zero-order chi connectivity index (χ0) is 14.9. The van der Waals surface area contributed by atoms with E-state index in [1.54, 1.807) is 0 Å². The van der Waals surface area contributed by atoms with Crippen LogP contribution in [-0.4, -0.2) is 8.42 Å². The second-order valence-corrected chi connectivity index (χ2v) is 6.42. The molecule has 0 spiro atoms. The average molecular weight is 363 g/mol. The number of halogens is 3. The molecule has 0 amide bonds. The lowest BCUT2D eigenvalue weighted by molar-refractivity contribution is 0.555. The highest BCUT2D eigenvalue weighted by Crippen LogP contribution is 2.25. The molecule has 0 bridgehead atoms. The number of nitrogen functional groups attached to an aromatic ring is 1. The summed E-state index contributed by atoms with van der Waals surface area (Å²) in [6, 6.07) is 6.52. The Bertz CT molecular complexity index is 766. The minimum atomic E-state index is -4.22. The van der Waals surface area contributed by atoms with Crippen molar-refractivity contribution in [1.82, 2.24) is 0 Å². The van der Waals surface area contributed by atoms with Crippen LogP contribution in [0.2, 0.25) is 0 Å². The maximum atomic E-state index is 13.5. The molecule has 0 heterocycles. The summed E-state index contributed by atoms with van der Waals surface area (Å²) in [5.41, 5.74) is 6.17. The van der Waals surface area contributed by atoms with Gasteiger partial charge in [0, 0.05) is 10.2 Å². The lowest BCUT2D eigenvalue weighted by Crippen LogP contribution is -2.15. The quantitative estimate of drug-likeness (QED) is 0.824. The molecule has 2 rings (SSSR count). The number of benzene rings is 2. The highest BCUT2D eigenvalue weighted by atomic mass is 79.9. The lowest BCUT2D eigenvalue weighted by atomic mass is 10.3. The van der Waals surface area contributed by atoms with E-state index in [1.165, 1.54) is 18.2 Å². The van der Waals surface area contributed by atoms with Gasteiger partial charge in [-0.1, -0.05) is 0 Å². The van der Waals surface area contributed by atoms with Gasteiger partial charge in [-0.25, -0.2) is 17.2 Å². The van der Waals surface area contributed by atoms with Crippen LogP contribution >= 0.6 is 15.9 Å². The Balaban J connectivity index is 2.40. The zero-order valence-corrected chi connectivity index (χ0v) is 12.3. The van der Waals surface area contributed by atoms with Crippen LogP contribution in [0.25, 0.3) is 0 Å². The summed E-state index contributed by atoms with van der Waals surface area (Å²) < 4.78 is 53.2. The average Bonchev–Trinajstić information content (AvgIpc) is 2.36. The molecular formula is C12H9BrF2N2O2S. The summed E-state index contributed by atoms with van der Waals surface area (Å²) in [5, 5.41) is 0. The summed E-state index contributed by atoms with van der Waals surface area (Å²) in [6.07, 6.45) is 0. The van der Waals surface area contributed by atoms with Crippen molar-refractivity contribution in [3.8, 4) is 0 Å². The Hall–Kier alpha value is -1.67. The molecule has 2 aromatic rings. The van der Waals surface area contributed by atoms with Gasteiger partial charge >= 0.3 is 0 Å². The van der Waals surface area contributed by atoms with Crippen LogP contribution in [0, 0.1) is 11.6 Å². The van der Waals surface area contributed by atoms with Crippen molar-refractivity contribution in [2.24, 2.45) is 0 Å². The van der Waals surface area contributed by atoms with E-state index in [0.717, 1.165) is 12.1 Å². The summed E-state index contributed by atoms with van der Waals surface area (Å²) in [4.78, 5) is -0.759. The number of hydrogen-bond acceptors (Lipinski definition) is 3. The van der Waals surface area contributed by atoms with Crippen molar-refractivity contribution >= 4 is 37.3 Å². The number of hydrogen-bond donors (Lipinski definition) is 2. The van der Waals surface area contributed by atoms with E-state index in [2.05, 4.69) is 20.7 Å². The van der Waals surface area contributed by atoms with E-state index in [0.29, 0.717) is 16.2 Å². The van der Waals surface area contributed by atoms with Crippen LogP contribution in [0.4, 0.5) is 20.2 Å². The van der Waals surface area contributed by atoms with Crippen molar-refractivity contribution in [3.05, 3.63) is 52.5 Å². The largest absolute Gasteiger partial charge is 0.398 e. The van der Waals surface area contributed by atoms with Gasteiger partial charge in [-0.3, -0.25) is 4.72 Å². The molecule has 0 aromatic heterocycles. The van der Waals surface area contributed by atoms with Crippen molar-refractivity contribution in [1.29, 1.82) is 0 Å². The van der Waals surface area contributed by atoms with Gasteiger partial charge in [0.15, 0.2) is 0 Å². The van der Waals surface area contributed by atoms with Gasteiger partial charge in [0.05, 0.1) is 5.69 Å². The van der Waals surface area contributed by atoms with Gasteiger partial charge in [-0.15, -0.1) is 0 Å². The van der Waals surface area contributed by atoms with Crippen LogP contribution in [0.5, 0.6) is 0 Å². The fourth-order valence-electron chi connectivity index (χ4n) is 1.48. The molecule has 0 aliphatic rings. The number of sulfonamides is 1. The van der Waals surface area contributed by atoms with Crippen molar-refractivity contribution in [2.45, 2.75) is 4.90 Å². The first kappa shape index (κ1) is 14.7. The molecule has 0 saturated heterocycles. The molecule has 4 nitrogen and oxygen atoms in total. The number of anilines is 2. The van der Waals surface area contributed by atoms with Gasteiger partial charge in [0.25, 0.3) is 10.0 Å². The van der Waals surface area contributed by atoms with Gasteiger partial charge < -0.3 is 5.73 Å². The Labute approximate surface area is 122 Å². The van der Waals surface area contributed by atoms with Crippen LogP contribution < -0.4 is 10.5 Å². The topological polar surface area (TPSA) is 72.2 Å². The fraction of sp³-hybridized carbons (Fsp3) is 0. The summed E-state index contributed by atoms with van der Waals surface area (Å²) in [5.74, 6) is -1.88.